The molecule has 2 rings (SSSR count). The summed E-state index contributed by atoms with van der Waals surface area (Å²) in [6.07, 6.45) is 1.99. The third kappa shape index (κ3) is 6.15. The van der Waals surface area contributed by atoms with Gasteiger partial charge in [-0.3, -0.25) is 0 Å². The first-order valence-electron chi connectivity index (χ1n) is 8.33. The lowest BCUT2D eigenvalue weighted by Gasteiger charge is -2.23. The van der Waals surface area contributed by atoms with Crippen LogP contribution in [0.15, 0.2) is 28.9 Å². The molecule has 2 aromatic rings. The molecular formula is C18H21Cl2N3O4. The summed E-state index contributed by atoms with van der Waals surface area (Å²) in [7, 11) is 1.26. The molecule has 1 aromatic carbocycles. The zero-order valence-corrected chi connectivity index (χ0v) is 16.8. The van der Waals surface area contributed by atoms with Crippen LogP contribution in [0.4, 0.5) is 10.5 Å². The number of esters is 1. The number of methoxy groups -OCH3 is 1. The van der Waals surface area contributed by atoms with Crippen LogP contribution < -0.4 is 5.32 Å². The summed E-state index contributed by atoms with van der Waals surface area (Å²) < 4.78 is 9.89. The van der Waals surface area contributed by atoms with E-state index in [1.165, 1.54) is 18.3 Å². The Balaban J connectivity index is 2.13. The van der Waals surface area contributed by atoms with Crippen LogP contribution in [-0.4, -0.2) is 35.5 Å². The summed E-state index contributed by atoms with van der Waals surface area (Å²) in [6.45, 7) is 4.70. The van der Waals surface area contributed by atoms with Gasteiger partial charge in [0, 0.05) is 11.6 Å². The second-order valence-corrected chi connectivity index (χ2v) is 7.12. The largest absolute Gasteiger partial charge is 0.464 e. The van der Waals surface area contributed by atoms with Gasteiger partial charge in [-0.05, 0) is 30.5 Å². The Bertz CT molecular complexity index is 808. The predicted octanol–water partition coefficient (Wildman–Crippen LogP) is 4.85. The average molecular weight is 414 g/mol. The molecule has 0 unspecified atom stereocenters. The van der Waals surface area contributed by atoms with E-state index in [2.05, 4.69) is 28.9 Å². The molecule has 0 aliphatic rings. The number of nitrogens with zero attached hydrogens (tertiary/aromatic N) is 2. The van der Waals surface area contributed by atoms with E-state index in [1.807, 2.05) is 0 Å². The molecule has 9 heteroatoms. The standard InChI is InChI=1S/C18H21Cl2N3O4/c1-11(2)6-7-23(9-16-21-15(10-27-16)17(24)26-3)18(25)22-14-5-4-12(19)8-13(14)20/h4-5,8,10-11H,6-7,9H2,1-3H3,(H,22,25). The van der Waals surface area contributed by atoms with Gasteiger partial charge >= 0.3 is 12.0 Å². The highest BCUT2D eigenvalue weighted by Gasteiger charge is 2.20. The fraction of sp³-hybridized carbons (Fsp3) is 0.389. The van der Waals surface area contributed by atoms with Gasteiger partial charge in [-0.15, -0.1) is 0 Å². The summed E-state index contributed by atoms with van der Waals surface area (Å²) in [5, 5.41) is 3.57. The molecule has 0 bridgehead atoms. The van der Waals surface area contributed by atoms with E-state index >= 15 is 0 Å². The number of hydrogen-bond acceptors (Lipinski definition) is 5. The molecule has 0 radical (unpaired) electrons. The van der Waals surface area contributed by atoms with Crippen LogP contribution >= 0.6 is 23.2 Å². The Morgan fingerprint density at radius 3 is 2.70 bits per heavy atom. The van der Waals surface area contributed by atoms with Crippen molar-refractivity contribution in [3.05, 3.63) is 46.1 Å². The predicted molar refractivity (Wildman–Crippen MR) is 103 cm³/mol. The van der Waals surface area contributed by atoms with Crippen molar-refractivity contribution >= 4 is 40.9 Å². The lowest BCUT2D eigenvalue weighted by Crippen LogP contribution is -2.36. The number of ether oxygens (including phenoxy) is 1. The third-order valence-electron chi connectivity index (χ3n) is 3.71. The summed E-state index contributed by atoms with van der Waals surface area (Å²) in [5.41, 5.74) is 0.501. The maximum absolute atomic E-state index is 12.7. The zero-order chi connectivity index (χ0) is 20.0. The number of nitrogens with one attached hydrogen (secondary N) is 1. The van der Waals surface area contributed by atoms with Crippen LogP contribution in [0.25, 0.3) is 0 Å². The van der Waals surface area contributed by atoms with Gasteiger partial charge in [0.05, 0.1) is 24.4 Å². The minimum absolute atomic E-state index is 0.0532. The number of halogens is 2. The van der Waals surface area contributed by atoms with Crippen LogP contribution in [0.1, 0.15) is 36.6 Å². The first-order chi connectivity index (χ1) is 12.8. The highest BCUT2D eigenvalue weighted by Crippen LogP contribution is 2.26. The molecule has 27 heavy (non-hydrogen) atoms. The SMILES string of the molecule is COC(=O)c1coc(CN(CCC(C)C)C(=O)Nc2ccc(Cl)cc2Cl)n1. The van der Waals surface area contributed by atoms with Crippen LogP contribution in [0, 0.1) is 5.92 Å². The fourth-order valence-corrected chi connectivity index (χ4v) is 2.65. The number of oxazole rings is 1. The Hall–Kier alpha value is -2.25. The molecule has 1 heterocycles. The van der Waals surface area contributed by atoms with E-state index in [0.29, 0.717) is 28.2 Å². The van der Waals surface area contributed by atoms with Crippen molar-refractivity contribution in [2.75, 3.05) is 19.0 Å². The Morgan fingerprint density at radius 1 is 1.33 bits per heavy atom. The van der Waals surface area contributed by atoms with Gasteiger partial charge in [-0.25, -0.2) is 14.6 Å². The van der Waals surface area contributed by atoms with Gasteiger partial charge < -0.3 is 19.4 Å². The topological polar surface area (TPSA) is 84.7 Å². The van der Waals surface area contributed by atoms with E-state index in [-0.39, 0.29) is 24.2 Å². The number of benzene rings is 1. The van der Waals surface area contributed by atoms with Crippen LogP contribution in [0.5, 0.6) is 0 Å². The summed E-state index contributed by atoms with van der Waals surface area (Å²) in [6, 6.07) is 4.45. The number of hydrogen-bond donors (Lipinski definition) is 1. The van der Waals surface area contributed by atoms with E-state index in [0.717, 1.165) is 6.42 Å². The van der Waals surface area contributed by atoms with Gasteiger partial charge in [0.25, 0.3) is 0 Å². The fourth-order valence-electron chi connectivity index (χ4n) is 2.20. The number of carbonyl (C=O) groups excluding carboxylic acids is 2. The van der Waals surface area contributed by atoms with E-state index < -0.39 is 5.97 Å². The number of amides is 2. The summed E-state index contributed by atoms with van der Waals surface area (Å²) >= 11 is 12.0. The molecule has 1 N–H and O–H groups in total. The van der Waals surface area contributed by atoms with Crippen molar-refractivity contribution in [1.29, 1.82) is 0 Å². The van der Waals surface area contributed by atoms with Crippen LogP contribution in [0.3, 0.4) is 0 Å². The normalized spacial score (nSPS) is 10.7. The average Bonchev–Trinajstić information content (AvgIpc) is 3.08. The summed E-state index contributed by atoms with van der Waals surface area (Å²) in [5.74, 6) is 0.0299. The molecule has 0 saturated heterocycles. The quantitative estimate of drug-likeness (QED) is 0.655. The molecular weight excluding hydrogens is 393 g/mol. The molecule has 146 valence electrons. The lowest BCUT2D eigenvalue weighted by atomic mass is 10.1. The van der Waals surface area contributed by atoms with Crippen molar-refractivity contribution in [1.82, 2.24) is 9.88 Å². The van der Waals surface area contributed by atoms with Gasteiger partial charge in [0.2, 0.25) is 5.89 Å². The van der Waals surface area contributed by atoms with Gasteiger partial charge in [-0.1, -0.05) is 37.0 Å². The van der Waals surface area contributed by atoms with Crippen LogP contribution in [0.2, 0.25) is 10.0 Å². The zero-order valence-electron chi connectivity index (χ0n) is 15.3. The summed E-state index contributed by atoms with van der Waals surface area (Å²) in [4.78, 5) is 29.8. The number of carbonyl (C=O) groups is 2. The van der Waals surface area contributed by atoms with Crippen molar-refractivity contribution in [3.63, 3.8) is 0 Å². The molecule has 0 spiro atoms. The smallest absolute Gasteiger partial charge is 0.360 e. The van der Waals surface area contributed by atoms with Gasteiger partial charge in [-0.2, -0.15) is 0 Å². The number of anilines is 1. The maximum Gasteiger partial charge on any atom is 0.360 e. The van der Waals surface area contributed by atoms with E-state index in [9.17, 15) is 9.59 Å². The molecule has 7 nitrogen and oxygen atoms in total. The number of urea groups is 1. The van der Waals surface area contributed by atoms with Gasteiger partial charge in [0.1, 0.15) is 6.26 Å². The van der Waals surface area contributed by atoms with Crippen molar-refractivity contribution in [2.45, 2.75) is 26.8 Å². The minimum atomic E-state index is -0.601. The minimum Gasteiger partial charge on any atom is -0.464 e. The highest BCUT2D eigenvalue weighted by atomic mass is 35.5. The second-order valence-electron chi connectivity index (χ2n) is 6.28. The monoisotopic (exact) mass is 413 g/mol. The number of rotatable bonds is 7. The molecule has 1 aromatic heterocycles. The van der Waals surface area contributed by atoms with Crippen molar-refractivity contribution in [3.8, 4) is 0 Å². The second kappa shape index (κ2) is 9.62. The maximum atomic E-state index is 12.7. The molecule has 0 fully saturated rings. The lowest BCUT2D eigenvalue weighted by molar-refractivity contribution is 0.0594. The Labute approximate surface area is 167 Å². The highest BCUT2D eigenvalue weighted by molar-refractivity contribution is 6.36. The molecule has 2 amide bonds. The molecule has 0 aliphatic carbocycles. The van der Waals surface area contributed by atoms with Crippen molar-refractivity contribution in [2.24, 2.45) is 5.92 Å². The first-order valence-corrected chi connectivity index (χ1v) is 9.09. The molecule has 0 atom stereocenters. The van der Waals surface area contributed by atoms with E-state index in [1.54, 1.807) is 18.2 Å². The third-order valence-corrected chi connectivity index (χ3v) is 4.26. The van der Waals surface area contributed by atoms with Crippen molar-refractivity contribution < 1.29 is 18.7 Å². The first kappa shape index (κ1) is 21.1. The molecule has 0 aliphatic heterocycles. The van der Waals surface area contributed by atoms with Crippen LogP contribution in [-0.2, 0) is 11.3 Å². The molecule has 0 saturated carbocycles. The van der Waals surface area contributed by atoms with Gasteiger partial charge in [0.15, 0.2) is 5.69 Å². The Morgan fingerprint density at radius 2 is 2.07 bits per heavy atom. The Kier molecular flexibility index (Phi) is 7.50. The van der Waals surface area contributed by atoms with E-state index in [4.69, 9.17) is 27.6 Å². The number of aromatic nitrogens is 1.